The monoisotopic (exact) mass is 302 g/mol. The Hall–Kier alpha value is -1.98. The van der Waals surface area contributed by atoms with Crippen molar-refractivity contribution in [3.63, 3.8) is 0 Å². The zero-order valence-corrected chi connectivity index (χ0v) is 13.4. The number of rotatable bonds is 1. The zero-order chi connectivity index (χ0) is 15.9. The molecule has 2 aliphatic rings. The van der Waals surface area contributed by atoms with Gasteiger partial charge in [0.1, 0.15) is 11.5 Å². The highest BCUT2D eigenvalue weighted by Crippen LogP contribution is 2.39. The molecular weight excluding hydrogens is 280 g/mol. The fourth-order valence-electron chi connectivity index (χ4n) is 3.68. The van der Waals surface area contributed by atoms with Crippen LogP contribution in [0.4, 0.5) is 0 Å². The van der Waals surface area contributed by atoms with Gasteiger partial charge in [-0.1, -0.05) is 0 Å². The summed E-state index contributed by atoms with van der Waals surface area (Å²) in [6.45, 7) is 5.60. The van der Waals surface area contributed by atoms with E-state index in [9.17, 15) is 9.59 Å². The van der Waals surface area contributed by atoms with Gasteiger partial charge in [0.15, 0.2) is 0 Å². The van der Waals surface area contributed by atoms with E-state index in [1.807, 2.05) is 14.0 Å². The van der Waals surface area contributed by atoms with Gasteiger partial charge in [-0.05, 0) is 39.2 Å². The normalized spacial score (nSPS) is 25.1. The molecule has 6 nitrogen and oxygen atoms in total. The van der Waals surface area contributed by atoms with Crippen molar-refractivity contribution in [1.82, 2.24) is 19.8 Å². The lowest BCUT2D eigenvalue weighted by Crippen LogP contribution is -2.48. The average Bonchev–Trinajstić information content (AvgIpc) is 2.88. The molecule has 6 heteroatoms. The van der Waals surface area contributed by atoms with Crippen LogP contribution in [0.5, 0.6) is 0 Å². The highest BCUT2D eigenvalue weighted by molar-refractivity contribution is 5.94. The molecule has 0 saturated carbocycles. The smallest absolute Gasteiger partial charge is 0.272 e. The third-order valence-corrected chi connectivity index (χ3v) is 4.78. The second-order valence-electron chi connectivity index (χ2n) is 6.53. The summed E-state index contributed by atoms with van der Waals surface area (Å²) >= 11 is 0. The zero-order valence-electron chi connectivity index (χ0n) is 13.4. The number of hydrogen-bond donors (Lipinski definition) is 0. The van der Waals surface area contributed by atoms with Crippen LogP contribution in [0.2, 0.25) is 0 Å². The van der Waals surface area contributed by atoms with Crippen molar-refractivity contribution >= 4 is 11.8 Å². The highest BCUT2D eigenvalue weighted by Gasteiger charge is 2.48. The number of carbonyl (C=O) groups excluding carboxylic acids is 2. The van der Waals surface area contributed by atoms with Crippen molar-refractivity contribution in [1.29, 1.82) is 0 Å². The quantitative estimate of drug-likeness (QED) is 0.781. The van der Waals surface area contributed by atoms with Gasteiger partial charge in [0, 0.05) is 32.4 Å². The van der Waals surface area contributed by atoms with Gasteiger partial charge in [-0.25, -0.2) is 9.97 Å². The summed E-state index contributed by atoms with van der Waals surface area (Å²) in [4.78, 5) is 37.2. The predicted molar refractivity (Wildman–Crippen MR) is 81.3 cm³/mol. The molecule has 118 valence electrons. The van der Waals surface area contributed by atoms with Crippen LogP contribution in [-0.2, 0) is 4.79 Å². The Morgan fingerprint density at radius 3 is 2.73 bits per heavy atom. The van der Waals surface area contributed by atoms with Gasteiger partial charge in [0.25, 0.3) is 5.91 Å². The van der Waals surface area contributed by atoms with Crippen LogP contribution in [0.3, 0.4) is 0 Å². The number of carbonyl (C=O) groups is 2. The first-order valence-electron chi connectivity index (χ1n) is 7.78. The Balaban J connectivity index is 1.80. The SMILES string of the molecule is Cc1cc(C(=O)N2CC[C@]3(CCCN(C)C3=O)C2)nc(C)n1. The summed E-state index contributed by atoms with van der Waals surface area (Å²) in [7, 11) is 1.85. The Bertz CT molecular complexity index is 610. The van der Waals surface area contributed by atoms with Gasteiger partial charge in [-0.3, -0.25) is 9.59 Å². The van der Waals surface area contributed by atoms with Gasteiger partial charge in [0.05, 0.1) is 5.41 Å². The Morgan fingerprint density at radius 1 is 1.23 bits per heavy atom. The van der Waals surface area contributed by atoms with E-state index in [1.165, 1.54) is 0 Å². The lowest BCUT2D eigenvalue weighted by molar-refractivity contribution is -0.143. The molecule has 1 spiro atoms. The maximum atomic E-state index is 12.7. The lowest BCUT2D eigenvalue weighted by Gasteiger charge is -2.37. The number of hydrogen-bond acceptors (Lipinski definition) is 4. The molecular formula is C16H22N4O2. The fourth-order valence-corrected chi connectivity index (χ4v) is 3.68. The van der Waals surface area contributed by atoms with E-state index in [0.29, 0.717) is 24.6 Å². The Kier molecular flexibility index (Phi) is 3.62. The largest absolute Gasteiger partial charge is 0.345 e. The van der Waals surface area contributed by atoms with Gasteiger partial charge in [-0.15, -0.1) is 0 Å². The maximum absolute atomic E-state index is 12.7. The molecule has 0 N–H and O–H groups in total. The van der Waals surface area contributed by atoms with E-state index in [1.54, 1.807) is 22.8 Å². The third kappa shape index (κ3) is 2.46. The number of amides is 2. The van der Waals surface area contributed by atoms with E-state index in [-0.39, 0.29) is 17.2 Å². The van der Waals surface area contributed by atoms with Crippen LogP contribution >= 0.6 is 0 Å². The topological polar surface area (TPSA) is 66.4 Å². The van der Waals surface area contributed by atoms with Crippen molar-refractivity contribution in [3.8, 4) is 0 Å². The molecule has 2 saturated heterocycles. The van der Waals surface area contributed by atoms with E-state index in [0.717, 1.165) is 31.5 Å². The van der Waals surface area contributed by atoms with Crippen LogP contribution in [-0.4, -0.2) is 58.3 Å². The molecule has 1 aromatic rings. The molecule has 3 heterocycles. The van der Waals surface area contributed by atoms with Gasteiger partial charge < -0.3 is 9.80 Å². The maximum Gasteiger partial charge on any atom is 0.272 e. The van der Waals surface area contributed by atoms with Gasteiger partial charge in [0.2, 0.25) is 5.91 Å². The second-order valence-corrected chi connectivity index (χ2v) is 6.53. The van der Waals surface area contributed by atoms with Crippen molar-refractivity contribution in [2.75, 3.05) is 26.7 Å². The summed E-state index contributed by atoms with van der Waals surface area (Å²) in [5.41, 5.74) is 0.844. The van der Waals surface area contributed by atoms with Crippen LogP contribution in [0.1, 0.15) is 41.3 Å². The molecule has 0 unspecified atom stereocenters. The number of piperidine rings is 1. The number of likely N-dealkylation sites (tertiary alicyclic amines) is 2. The first kappa shape index (κ1) is 14.9. The van der Waals surface area contributed by atoms with Crippen molar-refractivity contribution in [2.24, 2.45) is 5.41 Å². The summed E-state index contributed by atoms with van der Waals surface area (Å²) in [5.74, 6) is 0.696. The summed E-state index contributed by atoms with van der Waals surface area (Å²) in [6, 6.07) is 1.72. The summed E-state index contributed by atoms with van der Waals surface area (Å²) < 4.78 is 0. The minimum atomic E-state index is -0.375. The molecule has 0 bridgehead atoms. The molecule has 1 atom stereocenters. The molecule has 3 rings (SSSR count). The third-order valence-electron chi connectivity index (χ3n) is 4.78. The highest BCUT2D eigenvalue weighted by atomic mass is 16.2. The second kappa shape index (κ2) is 5.34. The van der Waals surface area contributed by atoms with E-state index < -0.39 is 0 Å². The number of aromatic nitrogens is 2. The van der Waals surface area contributed by atoms with Crippen molar-refractivity contribution in [3.05, 3.63) is 23.3 Å². The van der Waals surface area contributed by atoms with E-state index in [4.69, 9.17) is 0 Å². The Morgan fingerprint density at radius 2 is 2.00 bits per heavy atom. The summed E-state index contributed by atoms with van der Waals surface area (Å²) in [5, 5.41) is 0. The van der Waals surface area contributed by atoms with Crippen LogP contribution in [0, 0.1) is 19.3 Å². The molecule has 2 amide bonds. The van der Waals surface area contributed by atoms with Crippen LogP contribution < -0.4 is 0 Å². The van der Waals surface area contributed by atoms with E-state index in [2.05, 4.69) is 9.97 Å². The minimum Gasteiger partial charge on any atom is -0.345 e. The van der Waals surface area contributed by atoms with Crippen molar-refractivity contribution in [2.45, 2.75) is 33.1 Å². The molecule has 0 aliphatic carbocycles. The standard InChI is InChI=1S/C16H22N4O2/c1-11-9-13(18-12(2)17-11)14(21)20-8-6-16(10-20)5-4-7-19(3)15(16)22/h9H,4-8,10H2,1-3H3/t16-/m1/s1. The lowest BCUT2D eigenvalue weighted by atomic mass is 9.78. The molecule has 1 aromatic heterocycles. The first-order chi connectivity index (χ1) is 10.4. The Labute approximate surface area is 130 Å². The predicted octanol–water partition coefficient (Wildman–Crippen LogP) is 1.18. The number of aryl methyl sites for hydroxylation is 2. The number of nitrogens with zero attached hydrogens (tertiary/aromatic N) is 4. The minimum absolute atomic E-state index is 0.0912. The van der Waals surface area contributed by atoms with Crippen molar-refractivity contribution < 1.29 is 9.59 Å². The average molecular weight is 302 g/mol. The fraction of sp³-hybridized carbons (Fsp3) is 0.625. The molecule has 0 aromatic carbocycles. The summed E-state index contributed by atoms with van der Waals surface area (Å²) in [6.07, 6.45) is 2.64. The molecule has 0 radical (unpaired) electrons. The van der Waals surface area contributed by atoms with Gasteiger partial charge in [-0.2, -0.15) is 0 Å². The van der Waals surface area contributed by atoms with E-state index >= 15 is 0 Å². The molecule has 22 heavy (non-hydrogen) atoms. The molecule has 2 fully saturated rings. The first-order valence-corrected chi connectivity index (χ1v) is 7.78. The van der Waals surface area contributed by atoms with Gasteiger partial charge >= 0.3 is 0 Å². The molecule has 2 aliphatic heterocycles. The van der Waals surface area contributed by atoms with Crippen LogP contribution in [0.25, 0.3) is 0 Å². The van der Waals surface area contributed by atoms with Crippen LogP contribution in [0.15, 0.2) is 6.07 Å².